The van der Waals surface area contributed by atoms with E-state index >= 15 is 4.39 Å². The Kier molecular flexibility index (Phi) is 11.5. The second-order valence-corrected chi connectivity index (χ2v) is 12.5. The molecule has 12 heteroatoms. The molecule has 0 radical (unpaired) electrons. The maximum Gasteiger partial charge on any atom is 0.407 e. The van der Waals surface area contributed by atoms with Crippen molar-refractivity contribution >= 4 is 17.7 Å². The van der Waals surface area contributed by atoms with E-state index in [0.717, 1.165) is 30.2 Å². The second kappa shape index (κ2) is 15.7. The Bertz CT molecular complexity index is 1460. The zero-order chi connectivity index (χ0) is 33.4. The third kappa shape index (κ3) is 9.32. The van der Waals surface area contributed by atoms with E-state index in [4.69, 9.17) is 19.9 Å². The second-order valence-electron chi connectivity index (χ2n) is 12.5. The SMILES string of the molecule is Cc1ccc(C(c2ccc(F)cc2)C(N)C(=O)Nc2cncc(F)c2CC[C@@H]2CNC[C@@H](COC(=O)NCC3(C)CCCO3)O2)cc1. The molecular formula is C35H43F2N5O5. The molecule has 3 heterocycles. The van der Waals surface area contributed by atoms with Crippen LogP contribution in [0.5, 0.6) is 0 Å². The first kappa shape index (κ1) is 34.4. The van der Waals surface area contributed by atoms with Gasteiger partial charge in [-0.05, 0) is 62.8 Å². The fraction of sp³-hybridized carbons (Fsp3) is 0.457. The van der Waals surface area contributed by atoms with E-state index in [1.807, 2.05) is 38.1 Å². The van der Waals surface area contributed by atoms with Gasteiger partial charge in [-0.2, -0.15) is 0 Å². The minimum atomic E-state index is -1.07. The molecule has 10 nitrogen and oxygen atoms in total. The number of alkyl carbamates (subject to hydrolysis) is 1. The van der Waals surface area contributed by atoms with Crippen LogP contribution in [0.3, 0.4) is 0 Å². The smallest absolute Gasteiger partial charge is 0.407 e. The first-order valence-electron chi connectivity index (χ1n) is 16.0. The molecule has 2 aliphatic rings. The Morgan fingerprint density at radius 1 is 1.09 bits per heavy atom. The highest BCUT2D eigenvalue weighted by molar-refractivity contribution is 5.96. The number of hydrogen-bond acceptors (Lipinski definition) is 8. The molecule has 5 atom stereocenters. The van der Waals surface area contributed by atoms with Crippen molar-refractivity contribution in [3.8, 4) is 0 Å². The normalized spacial score (nSPS) is 22.3. The Morgan fingerprint density at radius 2 is 1.79 bits per heavy atom. The minimum absolute atomic E-state index is 0.0614. The number of aromatic nitrogens is 1. The molecule has 0 spiro atoms. The molecule has 252 valence electrons. The van der Waals surface area contributed by atoms with Gasteiger partial charge in [0.05, 0.1) is 35.8 Å². The predicted molar refractivity (Wildman–Crippen MR) is 173 cm³/mol. The van der Waals surface area contributed by atoms with Gasteiger partial charge in [0.25, 0.3) is 0 Å². The van der Waals surface area contributed by atoms with Crippen molar-refractivity contribution in [2.75, 3.05) is 38.2 Å². The van der Waals surface area contributed by atoms with E-state index in [1.165, 1.54) is 18.3 Å². The number of amides is 2. The van der Waals surface area contributed by atoms with Crippen molar-refractivity contribution in [2.45, 2.75) is 69.3 Å². The van der Waals surface area contributed by atoms with Crippen LogP contribution in [0.25, 0.3) is 0 Å². The van der Waals surface area contributed by atoms with E-state index in [2.05, 4.69) is 20.9 Å². The van der Waals surface area contributed by atoms with Crippen LogP contribution in [-0.4, -0.2) is 73.7 Å². The largest absolute Gasteiger partial charge is 0.447 e. The van der Waals surface area contributed by atoms with Crippen molar-refractivity contribution in [1.29, 1.82) is 0 Å². The lowest BCUT2D eigenvalue weighted by Crippen LogP contribution is -2.48. The molecule has 1 aromatic heterocycles. The summed E-state index contributed by atoms with van der Waals surface area (Å²) in [5, 5.41) is 8.83. The highest BCUT2D eigenvalue weighted by Gasteiger charge is 2.31. The molecule has 2 saturated heterocycles. The first-order chi connectivity index (χ1) is 22.6. The summed E-state index contributed by atoms with van der Waals surface area (Å²) in [5.41, 5.74) is 9.18. The number of nitrogens with zero attached hydrogens (tertiary/aromatic N) is 1. The highest BCUT2D eigenvalue weighted by atomic mass is 19.1. The van der Waals surface area contributed by atoms with Crippen molar-refractivity contribution in [3.05, 3.63) is 94.8 Å². The van der Waals surface area contributed by atoms with Gasteiger partial charge in [-0.1, -0.05) is 42.0 Å². The lowest BCUT2D eigenvalue weighted by Gasteiger charge is -2.31. The van der Waals surface area contributed by atoms with Gasteiger partial charge in [-0.25, -0.2) is 13.6 Å². The summed E-state index contributed by atoms with van der Waals surface area (Å²) < 4.78 is 46.0. The van der Waals surface area contributed by atoms with Crippen molar-refractivity contribution < 1.29 is 32.6 Å². The zero-order valence-electron chi connectivity index (χ0n) is 26.8. The Hall–Kier alpha value is -3.97. The van der Waals surface area contributed by atoms with Crippen LogP contribution in [0.1, 0.15) is 54.4 Å². The van der Waals surface area contributed by atoms with Gasteiger partial charge in [-0.3, -0.25) is 9.78 Å². The molecule has 5 rings (SSSR count). The molecule has 3 aromatic rings. The molecule has 2 fully saturated rings. The molecule has 2 aromatic carbocycles. The summed E-state index contributed by atoms with van der Waals surface area (Å²) >= 11 is 0. The maximum absolute atomic E-state index is 15.1. The number of carbonyl (C=O) groups excluding carboxylic acids is 2. The number of carbonyl (C=O) groups is 2. The summed E-state index contributed by atoms with van der Waals surface area (Å²) in [6, 6.07) is 12.4. The molecule has 2 amide bonds. The van der Waals surface area contributed by atoms with Crippen LogP contribution in [0.4, 0.5) is 19.3 Å². The maximum atomic E-state index is 15.1. The number of hydrogen-bond donors (Lipinski definition) is 4. The van der Waals surface area contributed by atoms with Crippen LogP contribution < -0.4 is 21.7 Å². The van der Waals surface area contributed by atoms with Gasteiger partial charge < -0.3 is 35.9 Å². The fourth-order valence-corrected chi connectivity index (χ4v) is 6.04. The zero-order valence-corrected chi connectivity index (χ0v) is 26.8. The molecule has 5 N–H and O–H groups in total. The van der Waals surface area contributed by atoms with Gasteiger partial charge in [0.15, 0.2) is 0 Å². The summed E-state index contributed by atoms with van der Waals surface area (Å²) in [5.74, 6) is -2.08. The van der Waals surface area contributed by atoms with Crippen LogP contribution in [0, 0.1) is 18.6 Å². The summed E-state index contributed by atoms with van der Waals surface area (Å²) in [7, 11) is 0. The Labute approximate surface area is 273 Å². The van der Waals surface area contributed by atoms with Gasteiger partial charge in [-0.15, -0.1) is 0 Å². The van der Waals surface area contributed by atoms with Crippen molar-refractivity contribution in [3.63, 3.8) is 0 Å². The summed E-state index contributed by atoms with van der Waals surface area (Å²) in [4.78, 5) is 29.8. The molecular weight excluding hydrogens is 608 g/mol. The number of morpholine rings is 1. The van der Waals surface area contributed by atoms with Crippen LogP contribution in [-0.2, 0) is 25.4 Å². The first-order valence-corrected chi connectivity index (χ1v) is 16.0. The Morgan fingerprint density at radius 3 is 2.49 bits per heavy atom. The number of nitrogens with two attached hydrogens (primary N) is 1. The number of aryl methyl sites for hydroxylation is 1. The van der Waals surface area contributed by atoms with E-state index < -0.39 is 35.6 Å². The van der Waals surface area contributed by atoms with Crippen LogP contribution in [0.15, 0.2) is 60.9 Å². The van der Waals surface area contributed by atoms with E-state index in [0.29, 0.717) is 38.2 Å². The van der Waals surface area contributed by atoms with Gasteiger partial charge >= 0.3 is 6.09 Å². The minimum Gasteiger partial charge on any atom is -0.447 e. The van der Waals surface area contributed by atoms with E-state index in [-0.39, 0.29) is 42.1 Å². The summed E-state index contributed by atoms with van der Waals surface area (Å²) in [6.07, 6.45) is 3.84. The molecule has 3 unspecified atom stereocenters. The number of rotatable bonds is 12. The summed E-state index contributed by atoms with van der Waals surface area (Å²) in [6.45, 7) is 6.08. The third-order valence-corrected chi connectivity index (χ3v) is 8.74. The van der Waals surface area contributed by atoms with E-state index in [1.54, 1.807) is 12.1 Å². The quantitative estimate of drug-likeness (QED) is 0.227. The Balaban J connectivity index is 1.18. The topological polar surface area (TPSA) is 137 Å². The molecule has 0 bridgehead atoms. The number of halogens is 2. The van der Waals surface area contributed by atoms with Gasteiger partial charge in [0, 0.05) is 37.7 Å². The predicted octanol–water partition coefficient (Wildman–Crippen LogP) is 4.35. The number of nitrogens with one attached hydrogen (secondary N) is 3. The monoisotopic (exact) mass is 651 g/mol. The molecule has 0 aliphatic carbocycles. The van der Waals surface area contributed by atoms with Crippen molar-refractivity contribution in [1.82, 2.24) is 15.6 Å². The lowest BCUT2D eigenvalue weighted by atomic mass is 9.84. The average molecular weight is 652 g/mol. The molecule has 0 saturated carbocycles. The van der Waals surface area contributed by atoms with Crippen LogP contribution in [0.2, 0.25) is 0 Å². The fourth-order valence-electron chi connectivity index (χ4n) is 6.04. The number of anilines is 1. The number of ether oxygens (including phenoxy) is 3. The lowest BCUT2D eigenvalue weighted by molar-refractivity contribution is -0.117. The average Bonchev–Trinajstić information content (AvgIpc) is 3.51. The number of benzene rings is 2. The van der Waals surface area contributed by atoms with Gasteiger partial charge in [0.2, 0.25) is 5.91 Å². The highest BCUT2D eigenvalue weighted by Crippen LogP contribution is 2.30. The third-order valence-electron chi connectivity index (χ3n) is 8.74. The number of pyridine rings is 1. The molecule has 47 heavy (non-hydrogen) atoms. The molecule has 2 aliphatic heterocycles. The standard InChI is InChI=1S/C35H43F2N5O5/c1-22-4-6-23(7-5-22)31(24-8-10-25(36)11-9-24)32(38)33(43)42-30-19-40-18-29(37)28(30)13-12-26-16-39-17-27(47-26)20-45-34(44)41-21-35(2)14-3-15-46-35/h4-11,18-19,26-27,31-32,39H,3,12-17,20-21,38H2,1-2H3,(H,41,44)(H,42,43)/t26-,27+,31?,32?,35?/m1/s1. The van der Waals surface area contributed by atoms with Gasteiger partial charge in [0.1, 0.15) is 24.3 Å². The van der Waals surface area contributed by atoms with Crippen molar-refractivity contribution in [2.24, 2.45) is 5.73 Å². The van der Waals surface area contributed by atoms with E-state index in [9.17, 15) is 14.0 Å². The van der Waals surface area contributed by atoms with Crippen LogP contribution >= 0.6 is 0 Å².